The summed E-state index contributed by atoms with van der Waals surface area (Å²) in [5.41, 5.74) is 0. The average molecular weight is 976 g/mol. The highest BCUT2D eigenvalue weighted by Gasteiger charge is 2.19. The summed E-state index contributed by atoms with van der Waals surface area (Å²) in [6.07, 6.45) is 61.1. The Morgan fingerprint density at radius 2 is 0.507 bits per heavy atom. The fourth-order valence-corrected chi connectivity index (χ4v) is 9.69. The monoisotopic (exact) mass is 975 g/mol. The van der Waals surface area contributed by atoms with E-state index >= 15 is 0 Å². The molecule has 3 atom stereocenters. The van der Waals surface area contributed by atoms with E-state index < -0.39 is 6.10 Å². The molecule has 0 aromatic rings. The fraction of sp³-hybridized carbons (Fsp3) is 0.952. The molecule has 410 valence electrons. The van der Waals surface area contributed by atoms with E-state index in [1.807, 2.05) is 0 Å². The third-order valence-electron chi connectivity index (χ3n) is 15.2. The molecule has 0 rings (SSSR count). The molecule has 0 saturated heterocycles. The topological polar surface area (TPSA) is 78.9 Å². The van der Waals surface area contributed by atoms with E-state index in [0.717, 1.165) is 69.6 Å². The number of rotatable bonds is 57. The van der Waals surface area contributed by atoms with Gasteiger partial charge in [0.05, 0.1) is 0 Å². The summed E-state index contributed by atoms with van der Waals surface area (Å²) in [5.74, 6) is 0.885. The minimum atomic E-state index is -0.764. The Labute approximate surface area is 431 Å². The molecule has 0 fully saturated rings. The number of hydrogen-bond donors (Lipinski definition) is 0. The molecule has 0 N–H and O–H groups in total. The van der Waals surface area contributed by atoms with Crippen LogP contribution in [0.15, 0.2) is 0 Å². The maximum atomic E-state index is 12.9. The Morgan fingerprint density at radius 1 is 0.290 bits per heavy atom. The Morgan fingerprint density at radius 3 is 0.754 bits per heavy atom. The van der Waals surface area contributed by atoms with Crippen molar-refractivity contribution in [2.45, 2.75) is 362 Å². The minimum absolute atomic E-state index is 0.0631. The lowest BCUT2D eigenvalue weighted by Crippen LogP contribution is -2.30. The zero-order valence-electron chi connectivity index (χ0n) is 47.5. The molecule has 0 spiro atoms. The second-order valence-corrected chi connectivity index (χ2v) is 22.2. The Kier molecular flexibility index (Phi) is 54.4. The van der Waals surface area contributed by atoms with E-state index in [1.54, 1.807) is 0 Å². The van der Waals surface area contributed by atoms with Crippen LogP contribution >= 0.6 is 0 Å². The van der Waals surface area contributed by atoms with Crippen LogP contribution in [0.3, 0.4) is 0 Å². The van der Waals surface area contributed by atoms with E-state index in [0.29, 0.717) is 19.3 Å². The van der Waals surface area contributed by atoms with Crippen molar-refractivity contribution in [1.29, 1.82) is 0 Å². The van der Waals surface area contributed by atoms with E-state index in [1.165, 1.54) is 244 Å². The highest BCUT2D eigenvalue weighted by atomic mass is 16.6. The van der Waals surface area contributed by atoms with E-state index in [-0.39, 0.29) is 31.1 Å². The third kappa shape index (κ3) is 54.0. The van der Waals surface area contributed by atoms with Crippen LogP contribution in [0, 0.1) is 11.8 Å². The molecule has 6 nitrogen and oxygen atoms in total. The first-order valence-electron chi connectivity index (χ1n) is 31.3. The second-order valence-electron chi connectivity index (χ2n) is 22.2. The Hall–Kier alpha value is -1.59. The van der Waals surface area contributed by atoms with Gasteiger partial charge >= 0.3 is 17.9 Å². The first kappa shape index (κ1) is 67.4. The highest BCUT2D eigenvalue weighted by molar-refractivity contribution is 5.71. The van der Waals surface area contributed by atoms with Gasteiger partial charge in [-0.3, -0.25) is 14.4 Å². The maximum Gasteiger partial charge on any atom is 0.306 e. The van der Waals surface area contributed by atoms with Gasteiger partial charge < -0.3 is 14.2 Å². The van der Waals surface area contributed by atoms with Gasteiger partial charge in [-0.05, 0) is 31.1 Å². The van der Waals surface area contributed by atoms with Crippen LogP contribution in [0.2, 0.25) is 0 Å². The molecule has 0 aromatic carbocycles. The zero-order chi connectivity index (χ0) is 50.4. The second kappa shape index (κ2) is 55.7. The van der Waals surface area contributed by atoms with Gasteiger partial charge in [-0.1, -0.05) is 317 Å². The molecule has 6 heteroatoms. The van der Waals surface area contributed by atoms with Gasteiger partial charge in [0, 0.05) is 19.3 Å². The molecule has 69 heavy (non-hydrogen) atoms. The van der Waals surface area contributed by atoms with Crippen molar-refractivity contribution >= 4 is 17.9 Å². The lowest BCUT2D eigenvalue weighted by Gasteiger charge is -2.18. The summed E-state index contributed by atoms with van der Waals surface area (Å²) in [6.45, 7) is 11.4. The molecule has 0 bridgehead atoms. The van der Waals surface area contributed by atoms with Crippen molar-refractivity contribution in [2.24, 2.45) is 11.8 Å². The normalized spacial score (nSPS) is 12.8. The summed E-state index contributed by atoms with van der Waals surface area (Å²) < 4.78 is 16.9. The maximum absolute atomic E-state index is 12.9. The molecule has 2 unspecified atom stereocenters. The molecular weight excluding hydrogens is 853 g/mol. The average Bonchev–Trinajstić information content (AvgIpc) is 3.35. The number of ether oxygens (including phenoxy) is 3. The molecule has 0 radical (unpaired) electrons. The molecule has 0 amide bonds. The smallest absolute Gasteiger partial charge is 0.306 e. The van der Waals surface area contributed by atoms with Gasteiger partial charge in [-0.15, -0.1) is 0 Å². The number of carbonyl (C=O) groups excluding carboxylic acids is 3. The number of unbranched alkanes of at least 4 members (excludes halogenated alkanes) is 40. The Balaban J connectivity index is 4.19. The van der Waals surface area contributed by atoms with Gasteiger partial charge in [0.25, 0.3) is 0 Å². The van der Waals surface area contributed by atoms with E-state index in [2.05, 4.69) is 34.6 Å². The third-order valence-corrected chi connectivity index (χ3v) is 15.2. The quantitative estimate of drug-likeness (QED) is 0.0343. The summed E-state index contributed by atoms with van der Waals surface area (Å²) in [6, 6.07) is 0. The van der Waals surface area contributed by atoms with Crippen LogP contribution in [0.1, 0.15) is 356 Å². The Bertz CT molecular complexity index is 1060. The highest BCUT2D eigenvalue weighted by Crippen LogP contribution is 2.19. The lowest BCUT2D eigenvalue weighted by molar-refractivity contribution is -0.167. The van der Waals surface area contributed by atoms with Gasteiger partial charge in [0.15, 0.2) is 6.10 Å². The first-order chi connectivity index (χ1) is 33.8. The number of esters is 3. The minimum Gasteiger partial charge on any atom is -0.462 e. The molecule has 0 saturated carbocycles. The van der Waals surface area contributed by atoms with Crippen LogP contribution in [0.4, 0.5) is 0 Å². The molecule has 0 aliphatic rings. The van der Waals surface area contributed by atoms with Crippen LogP contribution in [0.5, 0.6) is 0 Å². The fourth-order valence-electron chi connectivity index (χ4n) is 9.69. The van der Waals surface area contributed by atoms with Crippen LogP contribution in [-0.2, 0) is 28.6 Å². The van der Waals surface area contributed by atoms with Gasteiger partial charge in [-0.2, -0.15) is 0 Å². The number of hydrogen-bond acceptors (Lipinski definition) is 6. The van der Waals surface area contributed by atoms with Crippen molar-refractivity contribution in [1.82, 2.24) is 0 Å². The van der Waals surface area contributed by atoms with E-state index in [4.69, 9.17) is 14.2 Å². The SMILES string of the molecule is CCCCCCCCCCCCCCCCCCCCCC(=O)O[C@@H](COC(=O)CCCCCCCCCCCCCCCCCCCCC(C)CC)COC(=O)CCCCCCCCC(C)CC. The van der Waals surface area contributed by atoms with Crippen molar-refractivity contribution < 1.29 is 28.6 Å². The summed E-state index contributed by atoms with van der Waals surface area (Å²) >= 11 is 0. The zero-order valence-corrected chi connectivity index (χ0v) is 47.5. The molecule has 0 aliphatic heterocycles. The van der Waals surface area contributed by atoms with Crippen molar-refractivity contribution in [3.05, 3.63) is 0 Å². The van der Waals surface area contributed by atoms with Crippen LogP contribution < -0.4 is 0 Å². The predicted molar refractivity (Wildman–Crippen MR) is 298 cm³/mol. The van der Waals surface area contributed by atoms with Crippen LogP contribution in [0.25, 0.3) is 0 Å². The summed E-state index contributed by atoms with van der Waals surface area (Å²) in [7, 11) is 0. The molecular formula is C63H122O6. The lowest BCUT2D eigenvalue weighted by atomic mass is 9.99. The van der Waals surface area contributed by atoms with E-state index in [9.17, 15) is 14.4 Å². The molecule has 0 aromatic heterocycles. The van der Waals surface area contributed by atoms with Crippen molar-refractivity contribution in [2.75, 3.05) is 13.2 Å². The van der Waals surface area contributed by atoms with Gasteiger partial charge in [-0.25, -0.2) is 0 Å². The first-order valence-corrected chi connectivity index (χ1v) is 31.3. The number of carbonyl (C=O) groups is 3. The molecule has 0 heterocycles. The van der Waals surface area contributed by atoms with Crippen molar-refractivity contribution in [3.8, 4) is 0 Å². The predicted octanol–water partition coefficient (Wildman–Crippen LogP) is 20.8. The summed E-state index contributed by atoms with van der Waals surface area (Å²) in [5, 5.41) is 0. The standard InChI is InChI=1S/C63H122O6/c1-6-9-10-11-12-13-14-15-16-17-18-23-26-29-32-35-38-45-50-55-63(66)69-60(57-68-62(65)54-49-44-40-39-42-47-52-59(5)8-3)56-67-61(64)53-48-43-37-34-31-28-25-22-20-19-21-24-27-30-33-36-41-46-51-58(4)7-2/h58-60H,6-57H2,1-5H3/t58?,59?,60-/m0/s1. The molecule has 0 aliphatic carbocycles. The van der Waals surface area contributed by atoms with Gasteiger partial charge in [0.2, 0.25) is 0 Å². The largest absolute Gasteiger partial charge is 0.462 e. The van der Waals surface area contributed by atoms with Gasteiger partial charge in [0.1, 0.15) is 13.2 Å². The van der Waals surface area contributed by atoms with Crippen molar-refractivity contribution in [3.63, 3.8) is 0 Å². The summed E-state index contributed by atoms with van der Waals surface area (Å²) in [4.78, 5) is 38.2. The van der Waals surface area contributed by atoms with Crippen LogP contribution in [-0.4, -0.2) is 37.2 Å².